The van der Waals surface area contributed by atoms with E-state index in [0.717, 1.165) is 24.0 Å². The highest BCUT2D eigenvalue weighted by atomic mass is 32.3. The van der Waals surface area contributed by atoms with Gasteiger partial charge in [0.15, 0.2) is 0 Å². The molecule has 2 aliphatic heterocycles. The van der Waals surface area contributed by atoms with Crippen molar-refractivity contribution >= 4 is 27.4 Å². The maximum Gasteiger partial charge on any atom is 0.256 e. The first-order valence-electron chi connectivity index (χ1n) is 10.9. The Morgan fingerprint density at radius 2 is 1.82 bits per heavy atom. The second-order valence-electron chi connectivity index (χ2n) is 9.73. The molecule has 2 saturated heterocycles. The van der Waals surface area contributed by atoms with Crippen molar-refractivity contribution < 1.29 is 18.3 Å². The van der Waals surface area contributed by atoms with E-state index in [1.807, 2.05) is 24.3 Å². The molecule has 0 atom stereocenters. The fraction of sp³-hybridized carbons (Fsp3) is 0.320. The molecule has 33 heavy (non-hydrogen) atoms. The smallest absolute Gasteiger partial charge is 0.256 e. The van der Waals surface area contributed by atoms with Crippen LogP contribution in [0.1, 0.15) is 28.8 Å². The predicted octanol–water partition coefficient (Wildman–Crippen LogP) is 4.80. The van der Waals surface area contributed by atoms with Crippen LogP contribution in [0.5, 0.6) is 0 Å². The third-order valence-corrected chi connectivity index (χ3v) is 9.31. The number of aromatic nitrogens is 1. The van der Waals surface area contributed by atoms with Gasteiger partial charge in [0.2, 0.25) is 0 Å². The number of nitrogens with zero attached hydrogens (tertiary/aromatic N) is 3. The van der Waals surface area contributed by atoms with Crippen LogP contribution in [-0.4, -0.2) is 49.5 Å². The van der Waals surface area contributed by atoms with E-state index in [4.69, 9.17) is 0 Å². The number of pyridine rings is 1. The Balaban J connectivity index is 1.40. The van der Waals surface area contributed by atoms with E-state index in [1.54, 1.807) is 17.2 Å². The van der Waals surface area contributed by atoms with Crippen LogP contribution < -0.4 is 0 Å². The molecule has 1 aliphatic carbocycles. The number of likely N-dealkylation sites (tertiary alicyclic amines) is 1. The fourth-order valence-corrected chi connectivity index (χ4v) is 7.62. The van der Waals surface area contributed by atoms with Gasteiger partial charge in [-0.2, -0.15) is 15.9 Å². The molecule has 2 N–H and O–H groups in total. The van der Waals surface area contributed by atoms with Crippen molar-refractivity contribution in [2.24, 2.45) is 5.41 Å². The summed E-state index contributed by atoms with van der Waals surface area (Å²) in [6.07, 6.45) is 3.23. The molecule has 3 heterocycles. The standard InChI is InChI=1S/C25H22FN3O3S/c26-18-5-6-21-19(9-18)22(16-1-3-17(4-2-16)25(11-27)7-8-25)20(10-28-21)23(30)29-12-24(13-29)14-33(31,32)15-24/h1-6,9-10,31-32H,7-8,12-15H2. The molecule has 3 aromatic rings. The van der Waals surface area contributed by atoms with Crippen molar-refractivity contribution in [1.82, 2.24) is 9.88 Å². The van der Waals surface area contributed by atoms with Crippen molar-refractivity contribution in [2.75, 3.05) is 24.6 Å². The lowest BCUT2D eigenvalue weighted by Crippen LogP contribution is -2.67. The number of amides is 1. The summed E-state index contributed by atoms with van der Waals surface area (Å²) in [6.45, 7) is 0.956. The van der Waals surface area contributed by atoms with E-state index in [-0.39, 0.29) is 11.3 Å². The van der Waals surface area contributed by atoms with Crippen LogP contribution in [0, 0.1) is 22.6 Å². The largest absolute Gasteiger partial charge is 0.337 e. The number of carbonyl (C=O) groups is 1. The van der Waals surface area contributed by atoms with Gasteiger partial charge in [0.25, 0.3) is 5.91 Å². The molecule has 0 unspecified atom stereocenters. The molecule has 1 amide bonds. The molecule has 0 radical (unpaired) electrons. The average Bonchev–Trinajstić information content (AvgIpc) is 3.56. The Bertz CT molecular complexity index is 1350. The molecule has 8 heteroatoms. The Morgan fingerprint density at radius 1 is 1.12 bits per heavy atom. The van der Waals surface area contributed by atoms with E-state index in [9.17, 15) is 23.6 Å². The molecular weight excluding hydrogens is 441 g/mol. The first-order valence-corrected chi connectivity index (χ1v) is 12.8. The molecule has 1 spiro atoms. The van der Waals surface area contributed by atoms with Crippen molar-refractivity contribution in [1.29, 1.82) is 5.26 Å². The zero-order chi connectivity index (χ0) is 23.0. The summed E-state index contributed by atoms with van der Waals surface area (Å²) in [5.74, 6) is 0.0908. The van der Waals surface area contributed by atoms with Crippen LogP contribution in [0.2, 0.25) is 0 Å². The highest BCUT2D eigenvalue weighted by Gasteiger charge is 2.57. The third-order valence-electron chi connectivity index (χ3n) is 7.17. The van der Waals surface area contributed by atoms with Gasteiger partial charge in [-0.15, -0.1) is 0 Å². The summed E-state index contributed by atoms with van der Waals surface area (Å²) in [7, 11) is -2.48. The second kappa shape index (κ2) is 6.76. The summed E-state index contributed by atoms with van der Waals surface area (Å²) in [5, 5.41) is 10.1. The summed E-state index contributed by atoms with van der Waals surface area (Å²) in [6, 6.07) is 14.4. The zero-order valence-electron chi connectivity index (χ0n) is 17.8. The zero-order valence-corrected chi connectivity index (χ0v) is 18.6. The van der Waals surface area contributed by atoms with Crippen molar-refractivity contribution in [3.05, 3.63) is 65.6 Å². The van der Waals surface area contributed by atoms with Crippen LogP contribution in [0.3, 0.4) is 0 Å². The van der Waals surface area contributed by atoms with E-state index in [1.165, 1.54) is 12.1 Å². The van der Waals surface area contributed by atoms with Crippen LogP contribution in [0.4, 0.5) is 4.39 Å². The molecule has 2 aromatic carbocycles. The van der Waals surface area contributed by atoms with Crippen LogP contribution >= 0.6 is 10.6 Å². The van der Waals surface area contributed by atoms with Gasteiger partial charge < -0.3 is 4.90 Å². The number of benzene rings is 2. The summed E-state index contributed by atoms with van der Waals surface area (Å²) in [4.78, 5) is 19.6. The van der Waals surface area contributed by atoms with E-state index < -0.39 is 21.8 Å². The number of carbonyl (C=O) groups excluding carboxylic acids is 1. The SMILES string of the molecule is N#CC1(c2ccc(-c3c(C(=O)N4CC5(C4)CS(O)(O)C5)cnc4ccc(F)cc34)cc2)CC1. The number of hydrogen-bond acceptors (Lipinski definition) is 5. The van der Waals surface area contributed by atoms with E-state index in [0.29, 0.717) is 46.6 Å². The quantitative estimate of drug-likeness (QED) is 0.581. The van der Waals surface area contributed by atoms with Gasteiger partial charge >= 0.3 is 0 Å². The first-order chi connectivity index (χ1) is 15.7. The lowest BCUT2D eigenvalue weighted by atomic mass is 9.82. The Morgan fingerprint density at radius 3 is 2.42 bits per heavy atom. The Hall–Kier alpha value is -2.99. The molecular formula is C25H22FN3O3S. The van der Waals surface area contributed by atoms with E-state index in [2.05, 4.69) is 11.1 Å². The molecule has 1 saturated carbocycles. The minimum absolute atomic E-state index is 0.192. The number of hydrogen-bond donors (Lipinski definition) is 2. The fourth-order valence-electron chi connectivity index (χ4n) is 5.38. The van der Waals surface area contributed by atoms with Gasteiger partial charge in [0, 0.05) is 47.2 Å². The lowest BCUT2D eigenvalue weighted by Gasteiger charge is -2.63. The molecule has 168 valence electrons. The van der Waals surface area contributed by atoms with Crippen molar-refractivity contribution in [3.8, 4) is 17.2 Å². The third kappa shape index (κ3) is 3.22. The van der Waals surface area contributed by atoms with Crippen molar-refractivity contribution in [2.45, 2.75) is 18.3 Å². The number of fused-ring (bicyclic) bond motifs is 1. The molecule has 6 nitrogen and oxygen atoms in total. The maximum absolute atomic E-state index is 14.2. The summed E-state index contributed by atoms with van der Waals surface area (Å²) >= 11 is 0. The molecule has 1 aromatic heterocycles. The van der Waals surface area contributed by atoms with Gasteiger partial charge in [0.05, 0.1) is 22.6 Å². The Kier molecular flexibility index (Phi) is 4.22. The summed E-state index contributed by atoms with van der Waals surface area (Å²) < 4.78 is 33.7. The molecule has 3 aliphatic rings. The predicted molar refractivity (Wildman–Crippen MR) is 125 cm³/mol. The first kappa shape index (κ1) is 20.6. The normalized spacial score (nSPS) is 22.2. The number of halogens is 1. The van der Waals surface area contributed by atoms with Crippen LogP contribution in [0.15, 0.2) is 48.7 Å². The second-order valence-corrected chi connectivity index (χ2v) is 11.9. The number of nitriles is 1. The number of rotatable bonds is 3. The lowest BCUT2D eigenvalue weighted by molar-refractivity contribution is 0.0173. The van der Waals surface area contributed by atoms with Gasteiger partial charge in [-0.05, 0) is 42.2 Å². The van der Waals surface area contributed by atoms with Gasteiger partial charge in [-0.1, -0.05) is 24.3 Å². The van der Waals surface area contributed by atoms with Gasteiger partial charge in [-0.3, -0.25) is 18.9 Å². The summed E-state index contributed by atoms with van der Waals surface area (Å²) in [5.41, 5.74) is 2.73. The molecule has 6 rings (SSSR count). The maximum atomic E-state index is 14.2. The Labute approximate surface area is 192 Å². The van der Waals surface area contributed by atoms with Crippen molar-refractivity contribution in [3.63, 3.8) is 0 Å². The van der Waals surface area contributed by atoms with Gasteiger partial charge in [0.1, 0.15) is 5.82 Å². The minimum atomic E-state index is -2.48. The van der Waals surface area contributed by atoms with Crippen LogP contribution in [0.25, 0.3) is 22.0 Å². The highest BCUT2D eigenvalue weighted by molar-refractivity contribution is 8.25. The molecule has 3 fully saturated rings. The minimum Gasteiger partial charge on any atom is -0.337 e. The van der Waals surface area contributed by atoms with Crippen LogP contribution in [-0.2, 0) is 5.41 Å². The van der Waals surface area contributed by atoms with Gasteiger partial charge in [-0.25, -0.2) is 4.39 Å². The monoisotopic (exact) mass is 463 g/mol. The highest BCUT2D eigenvalue weighted by Crippen LogP contribution is 2.62. The average molecular weight is 464 g/mol. The van der Waals surface area contributed by atoms with E-state index >= 15 is 0 Å². The molecule has 0 bridgehead atoms. The topological polar surface area (TPSA) is 97.5 Å².